The summed E-state index contributed by atoms with van der Waals surface area (Å²) in [7, 11) is 0. The van der Waals surface area contributed by atoms with E-state index in [0.717, 1.165) is 54.3 Å². The topological polar surface area (TPSA) is 26.3 Å². The van der Waals surface area contributed by atoms with Crippen LogP contribution in [-0.2, 0) is 9.53 Å². The Balaban J connectivity index is 1.46. The first-order valence-corrected chi connectivity index (χ1v) is 14.3. The monoisotopic (exact) mass is 454 g/mol. The molecule has 0 saturated heterocycles. The summed E-state index contributed by atoms with van der Waals surface area (Å²) in [5, 5.41) is 0. The molecule has 11 atom stereocenters. The van der Waals surface area contributed by atoms with E-state index >= 15 is 0 Å². The first-order valence-electron chi connectivity index (χ1n) is 14.3. The molecule has 5 aliphatic carbocycles. The minimum absolute atomic E-state index is 0.0918. The van der Waals surface area contributed by atoms with Crippen molar-refractivity contribution >= 4 is 5.97 Å². The van der Waals surface area contributed by atoms with Crippen molar-refractivity contribution in [3.8, 4) is 0 Å². The Kier molecular flexibility index (Phi) is 5.70. The van der Waals surface area contributed by atoms with Crippen molar-refractivity contribution in [2.75, 3.05) is 0 Å². The summed E-state index contributed by atoms with van der Waals surface area (Å²) in [5.41, 5.74) is 2.59. The van der Waals surface area contributed by atoms with Crippen LogP contribution in [0.4, 0.5) is 0 Å². The second-order valence-corrected chi connectivity index (χ2v) is 14.2. The highest BCUT2D eigenvalue weighted by atomic mass is 16.5. The Labute approximate surface area is 203 Å². The summed E-state index contributed by atoms with van der Waals surface area (Å²) in [5.74, 6) is 6.55. The summed E-state index contributed by atoms with van der Waals surface area (Å²) in [4.78, 5) is 11.5. The van der Waals surface area contributed by atoms with Gasteiger partial charge in [-0.1, -0.05) is 46.8 Å². The highest BCUT2D eigenvalue weighted by Gasteiger charge is 2.71. The van der Waals surface area contributed by atoms with Crippen LogP contribution in [0.1, 0.15) is 106 Å². The second kappa shape index (κ2) is 7.86. The van der Waals surface area contributed by atoms with Gasteiger partial charge in [-0.05, 0) is 128 Å². The predicted molar refractivity (Wildman–Crippen MR) is 136 cm³/mol. The summed E-state index contributed by atoms with van der Waals surface area (Å²) >= 11 is 0. The Bertz CT molecular complexity index is 812. The number of allylic oxidation sites excluding steroid dienone is 1. The van der Waals surface area contributed by atoms with E-state index in [1.807, 2.05) is 0 Å². The molecule has 0 heterocycles. The van der Waals surface area contributed by atoms with Gasteiger partial charge in [0.05, 0.1) is 0 Å². The van der Waals surface area contributed by atoms with Crippen molar-refractivity contribution in [3.05, 3.63) is 12.2 Å². The van der Waals surface area contributed by atoms with Crippen LogP contribution in [0.5, 0.6) is 0 Å². The van der Waals surface area contributed by atoms with Crippen LogP contribution in [-0.4, -0.2) is 12.1 Å². The Morgan fingerprint density at radius 3 is 2.21 bits per heavy atom. The van der Waals surface area contributed by atoms with Gasteiger partial charge in [0.2, 0.25) is 0 Å². The third-order valence-electron chi connectivity index (χ3n) is 13.4. The minimum Gasteiger partial charge on any atom is -0.463 e. The van der Waals surface area contributed by atoms with E-state index in [4.69, 9.17) is 4.74 Å². The van der Waals surface area contributed by atoms with Crippen LogP contribution >= 0.6 is 0 Å². The Morgan fingerprint density at radius 2 is 1.55 bits per heavy atom. The van der Waals surface area contributed by atoms with E-state index in [2.05, 4.69) is 48.1 Å². The molecule has 186 valence electrons. The third kappa shape index (κ3) is 3.13. The van der Waals surface area contributed by atoms with E-state index in [1.54, 1.807) is 6.92 Å². The predicted octanol–water partition coefficient (Wildman–Crippen LogP) is 8.06. The fourth-order valence-electron chi connectivity index (χ4n) is 11.4. The highest BCUT2D eigenvalue weighted by molar-refractivity contribution is 5.66. The molecule has 5 rings (SSSR count). The van der Waals surface area contributed by atoms with Gasteiger partial charge in [-0.25, -0.2) is 0 Å². The van der Waals surface area contributed by atoms with Crippen molar-refractivity contribution < 1.29 is 9.53 Å². The smallest absolute Gasteiger partial charge is 0.302 e. The fraction of sp³-hybridized carbons (Fsp3) is 0.903. The van der Waals surface area contributed by atoms with Gasteiger partial charge in [-0.15, -0.1) is 0 Å². The minimum atomic E-state index is -0.0918. The highest BCUT2D eigenvalue weighted by Crippen LogP contribution is 2.78. The molecule has 11 unspecified atom stereocenters. The number of ether oxygens (including phenoxy) is 1. The summed E-state index contributed by atoms with van der Waals surface area (Å²) in [6, 6.07) is 0. The quantitative estimate of drug-likeness (QED) is 0.311. The zero-order valence-corrected chi connectivity index (χ0v) is 22.6. The number of rotatable bonds is 2. The molecule has 0 bridgehead atoms. The van der Waals surface area contributed by atoms with Gasteiger partial charge in [0, 0.05) is 6.92 Å². The molecule has 5 aliphatic rings. The van der Waals surface area contributed by atoms with Crippen LogP contribution in [0, 0.1) is 63.6 Å². The van der Waals surface area contributed by atoms with Crippen LogP contribution in [0.3, 0.4) is 0 Å². The number of hydrogen-bond acceptors (Lipinski definition) is 2. The maximum absolute atomic E-state index is 11.5. The molecule has 0 spiro atoms. The summed E-state index contributed by atoms with van der Waals surface area (Å²) in [6.07, 6.45) is 12.0. The van der Waals surface area contributed by atoms with Crippen LogP contribution in [0.25, 0.3) is 0 Å². The Hall–Kier alpha value is -0.790. The normalized spacial score (nSPS) is 52.6. The van der Waals surface area contributed by atoms with Gasteiger partial charge in [0.1, 0.15) is 6.10 Å². The number of fused-ring (bicyclic) bond motifs is 7. The Morgan fingerprint density at radius 1 is 0.879 bits per heavy atom. The van der Waals surface area contributed by atoms with Gasteiger partial charge >= 0.3 is 5.97 Å². The van der Waals surface area contributed by atoms with Gasteiger partial charge in [0.25, 0.3) is 0 Å². The average Bonchev–Trinajstić information content (AvgIpc) is 3.04. The van der Waals surface area contributed by atoms with Crippen LogP contribution in [0.2, 0.25) is 0 Å². The SMILES string of the molecule is C=C(C)C1CCC2(C)C(C)(C)C(C)C3C4CCC5CC(OC(C)=O)CCC5C4CCC3C12C. The molecule has 0 N–H and O–H groups in total. The maximum atomic E-state index is 11.5. The van der Waals surface area contributed by atoms with E-state index in [0.29, 0.717) is 22.2 Å². The zero-order chi connectivity index (χ0) is 23.9. The van der Waals surface area contributed by atoms with E-state index < -0.39 is 0 Å². The molecule has 0 amide bonds. The molecule has 0 aromatic carbocycles. The number of carbonyl (C=O) groups excluding carboxylic acids is 1. The first kappa shape index (κ1) is 23.9. The largest absolute Gasteiger partial charge is 0.463 e. The van der Waals surface area contributed by atoms with Crippen LogP contribution in [0.15, 0.2) is 12.2 Å². The fourth-order valence-corrected chi connectivity index (χ4v) is 11.4. The second-order valence-electron chi connectivity index (χ2n) is 14.2. The van der Waals surface area contributed by atoms with Crippen molar-refractivity contribution in [1.29, 1.82) is 0 Å². The van der Waals surface area contributed by atoms with Crippen molar-refractivity contribution in [2.24, 2.45) is 63.6 Å². The molecule has 33 heavy (non-hydrogen) atoms. The van der Waals surface area contributed by atoms with Crippen molar-refractivity contribution in [2.45, 2.75) is 112 Å². The zero-order valence-electron chi connectivity index (χ0n) is 22.6. The van der Waals surface area contributed by atoms with Gasteiger partial charge < -0.3 is 4.74 Å². The first-order chi connectivity index (χ1) is 15.4. The molecule has 5 fully saturated rings. The molecule has 5 saturated carbocycles. The molecule has 0 aliphatic heterocycles. The standard InChI is InChI=1S/C31H50O2/c1-18(2)26-15-16-30(7)29(5,6)19(3)28-25-11-9-21-17-22(33-20(4)32)10-12-23(21)24(25)13-14-27(28)31(26,30)8/h19,21-28H,1,9-17H2,2-8H3. The molecule has 0 radical (unpaired) electrons. The number of carbonyl (C=O) groups is 1. The van der Waals surface area contributed by atoms with Gasteiger partial charge in [0.15, 0.2) is 0 Å². The number of hydrogen-bond donors (Lipinski definition) is 0. The van der Waals surface area contributed by atoms with E-state index in [9.17, 15) is 4.79 Å². The molecule has 0 aromatic rings. The van der Waals surface area contributed by atoms with E-state index in [-0.39, 0.29) is 12.1 Å². The maximum Gasteiger partial charge on any atom is 0.302 e. The molecular formula is C31H50O2. The lowest BCUT2D eigenvalue weighted by Crippen LogP contribution is -2.65. The number of esters is 1. The lowest BCUT2D eigenvalue weighted by molar-refractivity contribution is -0.222. The molecule has 0 aromatic heterocycles. The molecular weight excluding hydrogens is 404 g/mol. The molecule has 2 nitrogen and oxygen atoms in total. The third-order valence-corrected chi connectivity index (χ3v) is 13.4. The molecule has 2 heteroatoms. The summed E-state index contributed by atoms with van der Waals surface area (Å²) < 4.78 is 5.67. The van der Waals surface area contributed by atoms with Crippen molar-refractivity contribution in [3.63, 3.8) is 0 Å². The van der Waals surface area contributed by atoms with Crippen LogP contribution < -0.4 is 0 Å². The lowest BCUT2D eigenvalue weighted by atomic mass is 9.34. The van der Waals surface area contributed by atoms with Gasteiger partial charge in [-0.2, -0.15) is 0 Å². The lowest BCUT2D eigenvalue weighted by Gasteiger charge is -2.70. The summed E-state index contributed by atoms with van der Waals surface area (Å²) in [6.45, 7) is 21.7. The average molecular weight is 455 g/mol. The van der Waals surface area contributed by atoms with Gasteiger partial charge in [-0.3, -0.25) is 4.79 Å². The van der Waals surface area contributed by atoms with Crippen molar-refractivity contribution in [1.82, 2.24) is 0 Å². The van der Waals surface area contributed by atoms with E-state index in [1.165, 1.54) is 50.5 Å².